The van der Waals surface area contributed by atoms with E-state index in [0.717, 1.165) is 22.9 Å². The van der Waals surface area contributed by atoms with Gasteiger partial charge in [-0.1, -0.05) is 39.7 Å². The van der Waals surface area contributed by atoms with Gasteiger partial charge in [-0.05, 0) is 60.7 Å². The average Bonchev–Trinajstić information content (AvgIpc) is 3.44. The van der Waals surface area contributed by atoms with Crippen LogP contribution in [-0.2, 0) is 4.79 Å². The van der Waals surface area contributed by atoms with Gasteiger partial charge >= 0.3 is 0 Å². The van der Waals surface area contributed by atoms with E-state index in [-0.39, 0.29) is 24.4 Å². The van der Waals surface area contributed by atoms with Gasteiger partial charge in [-0.2, -0.15) is 0 Å². The van der Waals surface area contributed by atoms with Crippen LogP contribution in [0.15, 0.2) is 53.0 Å². The molecule has 1 aliphatic rings. The van der Waals surface area contributed by atoms with E-state index >= 15 is 0 Å². The number of rotatable bonds is 6. The molecule has 0 bridgehead atoms. The number of benzene rings is 2. The van der Waals surface area contributed by atoms with Crippen LogP contribution in [0.5, 0.6) is 0 Å². The molecule has 1 aliphatic carbocycles. The van der Waals surface area contributed by atoms with Crippen LogP contribution in [0.3, 0.4) is 0 Å². The van der Waals surface area contributed by atoms with E-state index in [1.807, 2.05) is 24.3 Å². The van der Waals surface area contributed by atoms with Crippen molar-refractivity contribution in [3.8, 4) is 0 Å². The lowest BCUT2D eigenvalue weighted by Crippen LogP contribution is -2.39. The maximum absolute atomic E-state index is 12.3. The molecule has 0 spiro atoms. The number of halogens is 2. The molecule has 25 heavy (non-hydrogen) atoms. The van der Waals surface area contributed by atoms with E-state index in [1.165, 1.54) is 0 Å². The molecule has 1 unspecified atom stereocenters. The Kier molecular flexibility index (Phi) is 5.76. The highest BCUT2D eigenvalue weighted by molar-refractivity contribution is 9.10. The van der Waals surface area contributed by atoms with Crippen molar-refractivity contribution in [2.75, 3.05) is 6.54 Å². The largest absolute Gasteiger partial charge is 0.347 e. The molecular weight excluding hydrogens is 404 g/mol. The third-order valence-electron chi connectivity index (χ3n) is 4.15. The van der Waals surface area contributed by atoms with Crippen LogP contribution in [0.25, 0.3) is 0 Å². The molecule has 0 radical (unpaired) electrons. The SMILES string of the molecule is O=C(CNC(=O)c1ccc(Br)cc1)NC(c1ccc(Cl)cc1)C1CC1. The van der Waals surface area contributed by atoms with Crippen LogP contribution in [0.1, 0.15) is 34.8 Å². The lowest BCUT2D eigenvalue weighted by Gasteiger charge is -2.19. The third kappa shape index (κ3) is 5.06. The summed E-state index contributed by atoms with van der Waals surface area (Å²) < 4.78 is 0.900. The second-order valence-electron chi connectivity index (χ2n) is 6.12. The molecule has 2 aromatic rings. The number of nitrogens with one attached hydrogen (secondary N) is 2. The van der Waals surface area contributed by atoms with Crippen molar-refractivity contribution in [3.05, 3.63) is 69.2 Å². The zero-order valence-corrected chi connectivity index (χ0v) is 15.8. The van der Waals surface area contributed by atoms with Gasteiger partial charge in [0, 0.05) is 15.1 Å². The van der Waals surface area contributed by atoms with Crippen LogP contribution in [0.4, 0.5) is 0 Å². The molecule has 2 N–H and O–H groups in total. The van der Waals surface area contributed by atoms with Gasteiger partial charge in [0.2, 0.25) is 5.91 Å². The molecule has 2 amide bonds. The topological polar surface area (TPSA) is 58.2 Å². The van der Waals surface area contributed by atoms with Crippen LogP contribution >= 0.6 is 27.5 Å². The second-order valence-corrected chi connectivity index (χ2v) is 7.48. The van der Waals surface area contributed by atoms with E-state index < -0.39 is 0 Å². The highest BCUT2D eigenvalue weighted by Gasteiger charge is 2.33. The van der Waals surface area contributed by atoms with Gasteiger partial charge in [-0.3, -0.25) is 9.59 Å². The minimum absolute atomic E-state index is 0.0330. The predicted molar refractivity (Wildman–Crippen MR) is 102 cm³/mol. The first-order chi connectivity index (χ1) is 12.0. The number of carbonyl (C=O) groups is 2. The molecule has 1 atom stereocenters. The van der Waals surface area contributed by atoms with E-state index in [9.17, 15) is 9.59 Å². The van der Waals surface area contributed by atoms with Crippen molar-refractivity contribution < 1.29 is 9.59 Å². The number of carbonyl (C=O) groups excluding carboxylic acids is 2. The molecular formula is C19H18BrClN2O2. The lowest BCUT2D eigenvalue weighted by molar-refractivity contribution is -0.121. The van der Waals surface area contributed by atoms with Crippen LogP contribution in [-0.4, -0.2) is 18.4 Å². The molecule has 4 nitrogen and oxygen atoms in total. The summed E-state index contributed by atoms with van der Waals surface area (Å²) in [6.07, 6.45) is 2.19. The van der Waals surface area contributed by atoms with Gasteiger partial charge in [0.25, 0.3) is 5.91 Å². The third-order valence-corrected chi connectivity index (χ3v) is 4.94. The van der Waals surface area contributed by atoms with Crippen LogP contribution in [0.2, 0.25) is 5.02 Å². The Labute approximate surface area is 160 Å². The first kappa shape index (κ1) is 18.0. The molecule has 0 heterocycles. The Hall–Kier alpha value is -1.85. The van der Waals surface area contributed by atoms with E-state index in [4.69, 9.17) is 11.6 Å². The summed E-state index contributed by atoms with van der Waals surface area (Å²) in [7, 11) is 0. The Balaban J connectivity index is 1.56. The van der Waals surface area contributed by atoms with Crippen molar-refractivity contribution in [3.63, 3.8) is 0 Å². The maximum atomic E-state index is 12.3. The summed E-state index contributed by atoms with van der Waals surface area (Å²) in [5.41, 5.74) is 1.56. The standard InChI is InChI=1S/C19H18BrClN2O2/c20-15-7-3-14(4-8-15)19(25)22-11-17(24)23-18(12-1-2-12)13-5-9-16(21)10-6-13/h3-10,12,18H,1-2,11H2,(H,22,25)(H,23,24). The Bertz CT molecular complexity index is 758. The molecule has 1 saturated carbocycles. The number of amides is 2. The van der Waals surface area contributed by atoms with Gasteiger partial charge in [0.1, 0.15) is 0 Å². The summed E-state index contributed by atoms with van der Waals surface area (Å²) in [5, 5.41) is 6.36. The van der Waals surface area contributed by atoms with Gasteiger partial charge in [-0.25, -0.2) is 0 Å². The highest BCUT2D eigenvalue weighted by Crippen LogP contribution is 2.41. The van der Waals surface area contributed by atoms with Crippen LogP contribution < -0.4 is 10.6 Å². The summed E-state index contributed by atoms with van der Waals surface area (Å²) in [5.74, 6) is -0.0123. The normalized spacial score (nSPS) is 14.6. The van der Waals surface area contributed by atoms with E-state index in [2.05, 4.69) is 26.6 Å². The summed E-state index contributed by atoms with van der Waals surface area (Å²) in [6, 6.07) is 14.5. The number of hydrogen-bond acceptors (Lipinski definition) is 2. The lowest BCUT2D eigenvalue weighted by atomic mass is 10.0. The zero-order valence-electron chi connectivity index (χ0n) is 13.5. The molecule has 6 heteroatoms. The molecule has 1 fully saturated rings. The van der Waals surface area contributed by atoms with Crippen molar-refractivity contribution in [2.24, 2.45) is 5.92 Å². The minimum atomic E-state index is -0.267. The van der Waals surface area contributed by atoms with Gasteiger partial charge in [0.15, 0.2) is 0 Å². The molecule has 130 valence electrons. The fourth-order valence-corrected chi connectivity index (χ4v) is 3.05. The molecule has 2 aromatic carbocycles. The van der Waals surface area contributed by atoms with E-state index in [0.29, 0.717) is 16.5 Å². The zero-order chi connectivity index (χ0) is 17.8. The first-order valence-corrected chi connectivity index (χ1v) is 9.28. The van der Waals surface area contributed by atoms with Crippen molar-refractivity contribution in [1.29, 1.82) is 0 Å². The Morgan fingerprint density at radius 1 is 1.08 bits per heavy atom. The van der Waals surface area contributed by atoms with Gasteiger partial charge < -0.3 is 10.6 Å². The average molecular weight is 422 g/mol. The van der Waals surface area contributed by atoms with Crippen LogP contribution in [0, 0.1) is 5.92 Å². The quantitative estimate of drug-likeness (QED) is 0.738. The van der Waals surface area contributed by atoms with E-state index in [1.54, 1.807) is 24.3 Å². The summed E-state index contributed by atoms with van der Waals surface area (Å²) in [4.78, 5) is 24.3. The Morgan fingerprint density at radius 2 is 1.72 bits per heavy atom. The predicted octanol–water partition coefficient (Wildman–Crippen LogP) is 4.10. The molecule has 0 saturated heterocycles. The number of hydrogen-bond donors (Lipinski definition) is 2. The summed E-state index contributed by atoms with van der Waals surface area (Å²) >= 11 is 9.26. The highest BCUT2D eigenvalue weighted by atomic mass is 79.9. The summed E-state index contributed by atoms with van der Waals surface area (Å²) in [6.45, 7) is -0.0499. The van der Waals surface area contributed by atoms with Crippen molar-refractivity contribution in [2.45, 2.75) is 18.9 Å². The Morgan fingerprint density at radius 3 is 2.32 bits per heavy atom. The second kappa shape index (κ2) is 8.02. The van der Waals surface area contributed by atoms with Crippen molar-refractivity contribution in [1.82, 2.24) is 10.6 Å². The smallest absolute Gasteiger partial charge is 0.251 e. The molecule has 0 aromatic heterocycles. The van der Waals surface area contributed by atoms with Gasteiger partial charge in [0.05, 0.1) is 12.6 Å². The fourth-order valence-electron chi connectivity index (χ4n) is 2.66. The molecule has 0 aliphatic heterocycles. The monoisotopic (exact) mass is 420 g/mol. The first-order valence-electron chi connectivity index (χ1n) is 8.11. The van der Waals surface area contributed by atoms with Gasteiger partial charge in [-0.15, -0.1) is 0 Å². The fraction of sp³-hybridized carbons (Fsp3) is 0.263. The van der Waals surface area contributed by atoms with Crippen molar-refractivity contribution >= 4 is 39.3 Å². The molecule has 3 rings (SSSR count). The minimum Gasteiger partial charge on any atom is -0.347 e. The maximum Gasteiger partial charge on any atom is 0.251 e.